The van der Waals surface area contributed by atoms with Crippen LogP contribution in [0.2, 0.25) is 0 Å². The van der Waals surface area contributed by atoms with E-state index in [0.29, 0.717) is 6.42 Å². The lowest BCUT2D eigenvalue weighted by molar-refractivity contribution is -0.119. The molecular formula is C22H19FN2O. The molecule has 1 fully saturated rings. The zero-order chi connectivity index (χ0) is 17.9. The van der Waals surface area contributed by atoms with E-state index in [0.717, 1.165) is 28.8 Å². The highest BCUT2D eigenvalue weighted by molar-refractivity contribution is 5.78. The first-order valence-electron chi connectivity index (χ1n) is 8.77. The van der Waals surface area contributed by atoms with Gasteiger partial charge in [0.25, 0.3) is 0 Å². The Labute approximate surface area is 151 Å². The molecule has 0 aliphatic carbocycles. The van der Waals surface area contributed by atoms with Crippen LogP contribution in [0, 0.1) is 5.82 Å². The third-order valence-corrected chi connectivity index (χ3v) is 4.87. The fourth-order valence-electron chi connectivity index (χ4n) is 3.56. The summed E-state index contributed by atoms with van der Waals surface area (Å²) in [6, 6.07) is 20.6. The number of hydrogen-bond donors (Lipinski definition) is 1. The van der Waals surface area contributed by atoms with Crippen LogP contribution in [0.4, 0.5) is 4.39 Å². The van der Waals surface area contributed by atoms with E-state index in [-0.39, 0.29) is 23.7 Å². The van der Waals surface area contributed by atoms with E-state index in [2.05, 4.69) is 10.3 Å². The largest absolute Gasteiger partial charge is 0.352 e. The third kappa shape index (κ3) is 3.36. The summed E-state index contributed by atoms with van der Waals surface area (Å²) in [6.45, 7) is 0. The average molecular weight is 346 g/mol. The number of carbonyl (C=O) groups excluding carboxylic acids is 1. The van der Waals surface area contributed by atoms with Crippen LogP contribution >= 0.6 is 0 Å². The topological polar surface area (TPSA) is 42.0 Å². The van der Waals surface area contributed by atoms with Crippen LogP contribution in [-0.2, 0) is 4.79 Å². The minimum atomic E-state index is -0.268. The molecule has 0 spiro atoms. The SMILES string of the molecule is O=C1CC[C@H]([C@@H](c2ccc(F)cc2)c2ccc(-c3ccccc3)cn2)N1. The number of amides is 1. The predicted molar refractivity (Wildman–Crippen MR) is 99.1 cm³/mol. The lowest BCUT2D eigenvalue weighted by Crippen LogP contribution is -2.32. The lowest BCUT2D eigenvalue weighted by Gasteiger charge is -2.24. The Balaban J connectivity index is 1.69. The smallest absolute Gasteiger partial charge is 0.220 e. The van der Waals surface area contributed by atoms with Gasteiger partial charge in [-0.25, -0.2) is 4.39 Å². The van der Waals surface area contributed by atoms with E-state index in [4.69, 9.17) is 0 Å². The summed E-state index contributed by atoms with van der Waals surface area (Å²) in [5.41, 5.74) is 3.99. The van der Waals surface area contributed by atoms with Crippen molar-refractivity contribution in [3.05, 3.63) is 90.0 Å². The molecule has 2 atom stereocenters. The van der Waals surface area contributed by atoms with Crippen LogP contribution in [0.15, 0.2) is 72.9 Å². The highest BCUT2D eigenvalue weighted by atomic mass is 19.1. The summed E-state index contributed by atoms with van der Waals surface area (Å²) in [5, 5.41) is 3.04. The van der Waals surface area contributed by atoms with E-state index >= 15 is 0 Å². The maximum Gasteiger partial charge on any atom is 0.220 e. The molecule has 2 heterocycles. The Hall–Kier alpha value is -3.01. The molecule has 4 rings (SSSR count). The number of nitrogens with zero attached hydrogens (tertiary/aromatic N) is 1. The molecule has 3 nitrogen and oxygen atoms in total. The van der Waals surface area contributed by atoms with E-state index < -0.39 is 0 Å². The number of benzene rings is 2. The van der Waals surface area contributed by atoms with Crippen molar-refractivity contribution in [2.45, 2.75) is 24.8 Å². The second-order valence-corrected chi connectivity index (χ2v) is 6.58. The highest BCUT2D eigenvalue weighted by Gasteiger charge is 2.31. The number of rotatable bonds is 4. The normalized spacial score (nSPS) is 17.7. The molecule has 26 heavy (non-hydrogen) atoms. The first-order valence-corrected chi connectivity index (χ1v) is 8.77. The number of nitrogens with one attached hydrogen (secondary N) is 1. The standard InChI is InChI=1S/C22H19FN2O/c23-18-9-6-16(7-10-18)22(20-12-13-21(26)25-20)19-11-8-17(14-24-19)15-4-2-1-3-5-15/h1-11,14,20,22H,12-13H2,(H,25,26)/t20-,22+/m1/s1. The van der Waals surface area contributed by atoms with Gasteiger partial charge in [-0.2, -0.15) is 0 Å². The first-order chi connectivity index (χ1) is 12.7. The third-order valence-electron chi connectivity index (χ3n) is 4.87. The second kappa shape index (κ2) is 7.08. The molecule has 0 unspecified atom stereocenters. The maximum absolute atomic E-state index is 13.3. The molecule has 4 heteroatoms. The molecule has 130 valence electrons. The molecule has 1 aliphatic rings. The van der Waals surface area contributed by atoms with Crippen molar-refractivity contribution in [3.8, 4) is 11.1 Å². The maximum atomic E-state index is 13.3. The fourth-order valence-corrected chi connectivity index (χ4v) is 3.56. The van der Waals surface area contributed by atoms with Crippen molar-refractivity contribution >= 4 is 5.91 Å². The predicted octanol–water partition coefficient (Wildman–Crippen LogP) is 4.30. The van der Waals surface area contributed by atoms with Gasteiger partial charge in [-0.3, -0.25) is 9.78 Å². The van der Waals surface area contributed by atoms with Gasteiger partial charge in [0.2, 0.25) is 5.91 Å². The van der Waals surface area contributed by atoms with Crippen LogP contribution in [0.5, 0.6) is 0 Å². The van der Waals surface area contributed by atoms with E-state index in [9.17, 15) is 9.18 Å². The monoisotopic (exact) mass is 346 g/mol. The highest BCUT2D eigenvalue weighted by Crippen LogP contribution is 2.32. The number of halogens is 1. The average Bonchev–Trinajstić information content (AvgIpc) is 3.11. The Kier molecular flexibility index (Phi) is 4.48. The first kappa shape index (κ1) is 16.5. The number of pyridine rings is 1. The van der Waals surface area contributed by atoms with Crippen LogP contribution < -0.4 is 5.32 Å². The molecule has 0 radical (unpaired) electrons. The van der Waals surface area contributed by atoms with E-state index in [1.54, 1.807) is 12.1 Å². The number of aromatic nitrogens is 1. The Morgan fingerprint density at radius 1 is 0.962 bits per heavy atom. The number of hydrogen-bond acceptors (Lipinski definition) is 2. The Morgan fingerprint density at radius 2 is 1.73 bits per heavy atom. The van der Waals surface area contributed by atoms with Crippen LogP contribution in [0.25, 0.3) is 11.1 Å². The molecule has 1 aliphatic heterocycles. The van der Waals surface area contributed by atoms with E-state index in [1.165, 1.54) is 12.1 Å². The summed E-state index contributed by atoms with van der Waals surface area (Å²) in [5.74, 6) is -0.301. The van der Waals surface area contributed by atoms with Gasteiger partial charge in [0.05, 0.1) is 0 Å². The molecule has 0 bridgehead atoms. The van der Waals surface area contributed by atoms with Crippen LogP contribution in [0.1, 0.15) is 30.0 Å². The van der Waals surface area contributed by atoms with Gasteiger partial charge in [0.1, 0.15) is 5.82 Å². The minimum Gasteiger partial charge on any atom is -0.352 e. The van der Waals surface area contributed by atoms with Gasteiger partial charge in [-0.1, -0.05) is 48.5 Å². The zero-order valence-electron chi connectivity index (χ0n) is 14.2. The van der Waals surface area contributed by atoms with Gasteiger partial charge in [-0.15, -0.1) is 0 Å². The molecule has 2 aromatic carbocycles. The Morgan fingerprint density at radius 3 is 2.35 bits per heavy atom. The summed E-state index contributed by atoms with van der Waals surface area (Å²) >= 11 is 0. The van der Waals surface area contributed by atoms with Crippen molar-refractivity contribution in [1.82, 2.24) is 10.3 Å². The van der Waals surface area contributed by atoms with E-state index in [1.807, 2.05) is 48.7 Å². The van der Waals surface area contributed by atoms with Gasteiger partial charge in [0.15, 0.2) is 0 Å². The molecular weight excluding hydrogens is 327 g/mol. The summed E-state index contributed by atoms with van der Waals surface area (Å²) in [4.78, 5) is 16.4. The molecule has 1 N–H and O–H groups in total. The minimum absolute atomic E-state index is 0.0250. The Bertz CT molecular complexity index is 892. The van der Waals surface area contributed by atoms with Gasteiger partial charge < -0.3 is 5.32 Å². The molecule has 0 saturated carbocycles. The number of carbonyl (C=O) groups is 1. The lowest BCUT2D eigenvalue weighted by atomic mass is 9.87. The van der Waals surface area contributed by atoms with Crippen molar-refractivity contribution < 1.29 is 9.18 Å². The molecule has 1 aromatic heterocycles. The summed E-state index contributed by atoms with van der Waals surface area (Å²) in [6.07, 6.45) is 3.13. The van der Waals surface area contributed by atoms with Crippen molar-refractivity contribution in [2.75, 3.05) is 0 Å². The summed E-state index contributed by atoms with van der Waals surface area (Å²) in [7, 11) is 0. The van der Waals surface area contributed by atoms with Crippen molar-refractivity contribution in [2.24, 2.45) is 0 Å². The van der Waals surface area contributed by atoms with Crippen molar-refractivity contribution in [3.63, 3.8) is 0 Å². The van der Waals surface area contributed by atoms with Crippen LogP contribution in [0.3, 0.4) is 0 Å². The zero-order valence-corrected chi connectivity index (χ0v) is 14.2. The molecule has 1 amide bonds. The molecule has 3 aromatic rings. The quantitative estimate of drug-likeness (QED) is 0.765. The van der Waals surface area contributed by atoms with Crippen molar-refractivity contribution in [1.29, 1.82) is 0 Å². The fraction of sp³-hybridized carbons (Fsp3) is 0.182. The molecule has 1 saturated heterocycles. The van der Waals surface area contributed by atoms with Crippen LogP contribution in [-0.4, -0.2) is 16.9 Å². The second-order valence-electron chi connectivity index (χ2n) is 6.58. The van der Waals surface area contributed by atoms with Gasteiger partial charge in [0, 0.05) is 35.8 Å². The van der Waals surface area contributed by atoms with Gasteiger partial charge in [-0.05, 0) is 35.7 Å². The van der Waals surface area contributed by atoms with Gasteiger partial charge >= 0.3 is 0 Å². The summed E-state index contributed by atoms with van der Waals surface area (Å²) < 4.78 is 13.3.